The highest BCUT2D eigenvalue weighted by molar-refractivity contribution is 4.79. The van der Waals surface area contributed by atoms with E-state index in [4.69, 9.17) is 4.74 Å². The second-order valence-electron chi connectivity index (χ2n) is 4.85. The summed E-state index contributed by atoms with van der Waals surface area (Å²) < 4.78 is 5.62. The molecule has 1 saturated heterocycles. The summed E-state index contributed by atoms with van der Waals surface area (Å²) in [5.74, 6) is 0.627. The smallest absolute Gasteiger partial charge is 0.0740 e. The summed E-state index contributed by atoms with van der Waals surface area (Å²) in [6, 6.07) is 0. The van der Waals surface area contributed by atoms with Crippen LogP contribution in [0.5, 0.6) is 0 Å². The molecule has 0 aromatic rings. The first-order chi connectivity index (χ1) is 7.09. The number of hydrogen-bond acceptors (Lipinski definition) is 3. The maximum Gasteiger partial charge on any atom is 0.0740 e. The zero-order chi connectivity index (χ0) is 11.3. The third-order valence-corrected chi connectivity index (χ3v) is 3.42. The van der Waals surface area contributed by atoms with Crippen LogP contribution in [0.2, 0.25) is 0 Å². The lowest BCUT2D eigenvalue weighted by Gasteiger charge is -2.24. The van der Waals surface area contributed by atoms with Crippen LogP contribution in [0.4, 0.5) is 0 Å². The second-order valence-corrected chi connectivity index (χ2v) is 4.85. The van der Waals surface area contributed by atoms with E-state index < -0.39 is 5.60 Å². The van der Waals surface area contributed by atoms with Crippen molar-refractivity contribution in [3.8, 4) is 0 Å². The van der Waals surface area contributed by atoms with Crippen LogP contribution in [-0.4, -0.2) is 36.5 Å². The van der Waals surface area contributed by atoms with Gasteiger partial charge < -0.3 is 15.2 Å². The van der Waals surface area contributed by atoms with Gasteiger partial charge >= 0.3 is 0 Å². The Morgan fingerprint density at radius 2 is 2.20 bits per heavy atom. The van der Waals surface area contributed by atoms with Gasteiger partial charge in [-0.25, -0.2) is 0 Å². The molecule has 3 atom stereocenters. The van der Waals surface area contributed by atoms with Gasteiger partial charge in [-0.05, 0) is 32.1 Å². The highest BCUT2D eigenvalue weighted by Crippen LogP contribution is 2.22. The predicted octanol–water partition coefficient (Wildman–Crippen LogP) is 1.55. The lowest BCUT2D eigenvalue weighted by molar-refractivity contribution is 0.0512. The van der Waals surface area contributed by atoms with E-state index in [-0.39, 0.29) is 0 Å². The largest absolute Gasteiger partial charge is 0.389 e. The maximum atomic E-state index is 9.83. The van der Waals surface area contributed by atoms with E-state index in [1.165, 1.54) is 0 Å². The lowest BCUT2D eigenvalue weighted by Crippen LogP contribution is -2.40. The van der Waals surface area contributed by atoms with E-state index in [0.29, 0.717) is 18.6 Å². The van der Waals surface area contributed by atoms with E-state index in [2.05, 4.69) is 12.2 Å². The van der Waals surface area contributed by atoms with Gasteiger partial charge in [0.1, 0.15) is 0 Å². The van der Waals surface area contributed by atoms with E-state index >= 15 is 0 Å². The minimum absolute atomic E-state index is 0.420. The molecular formula is C12H25NO2. The van der Waals surface area contributed by atoms with Gasteiger partial charge in [0, 0.05) is 19.7 Å². The van der Waals surface area contributed by atoms with Crippen LogP contribution < -0.4 is 5.32 Å². The first kappa shape index (κ1) is 12.9. The van der Waals surface area contributed by atoms with Gasteiger partial charge in [-0.1, -0.05) is 13.8 Å². The Kier molecular flexibility index (Phi) is 5.03. The summed E-state index contributed by atoms with van der Waals surface area (Å²) in [6.07, 6.45) is 3.46. The van der Waals surface area contributed by atoms with Crippen molar-refractivity contribution in [2.24, 2.45) is 5.92 Å². The molecule has 1 aliphatic rings. The van der Waals surface area contributed by atoms with Crippen molar-refractivity contribution in [2.45, 2.75) is 51.7 Å². The normalized spacial score (nSPS) is 30.4. The van der Waals surface area contributed by atoms with Crippen LogP contribution in [0.25, 0.3) is 0 Å². The molecule has 0 amide bonds. The van der Waals surface area contributed by atoms with Crippen molar-refractivity contribution in [3.63, 3.8) is 0 Å². The molecule has 0 aromatic heterocycles. The van der Waals surface area contributed by atoms with Crippen molar-refractivity contribution >= 4 is 0 Å². The van der Waals surface area contributed by atoms with Crippen LogP contribution in [-0.2, 0) is 4.74 Å². The quantitative estimate of drug-likeness (QED) is 0.706. The Morgan fingerprint density at radius 3 is 2.80 bits per heavy atom. The van der Waals surface area contributed by atoms with E-state index in [1.54, 1.807) is 0 Å². The fraction of sp³-hybridized carbons (Fsp3) is 1.00. The third-order valence-electron chi connectivity index (χ3n) is 3.42. The Balaban J connectivity index is 2.19. The van der Waals surface area contributed by atoms with Crippen LogP contribution in [0, 0.1) is 5.92 Å². The second kappa shape index (κ2) is 5.83. The molecule has 0 aromatic carbocycles. The Labute approximate surface area is 93.2 Å². The molecule has 3 nitrogen and oxygen atoms in total. The highest BCUT2D eigenvalue weighted by atomic mass is 16.5. The number of aliphatic hydroxyl groups is 1. The molecule has 1 rings (SSSR count). The summed E-state index contributed by atoms with van der Waals surface area (Å²) in [6.45, 7) is 8.60. The monoisotopic (exact) mass is 215 g/mol. The molecule has 0 bridgehead atoms. The van der Waals surface area contributed by atoms with Gasteiger partial charge in [0.05, 0.1) is 11.7 Å². The van der Waals surface area contributed by atoms with Gasteiger partial charge in [-0.15, -0.1) is 0 Å². The fourth-order valence-corrected chi connectivity index (χ4v) is 2.03. The molecule has 90 valence electrons. The molecule has 0 radical (unpaired) electrons. The molecule has 15 heavy (non-hydrogen) atoms. The fourth-order valence-electron chi connectivity index (χ4n) is 2.03. The van der Waals surface area contributed by atoms with Gasteiger partial charge in [0.25, 0.3) is 0 Å². The Morgan fingerprint density at radius 1 is 1.47 bits per heavy atom. The minimum Gasteiger partial charge on any atom is -0.389 e. The molecule has 0 aliphatic carbocycles. The van der Waals surface area contributed by atoms with Crippen molar-refractivity contribution in [1.82, 2.24) is 5.32 Å². The molecule has 1 fully saturated rings. The molecule has 3 heteroatoms. The summed E-state index contributed by atoms with van der Waals surface area (Å²) in [7, 11) is 0. The summed E-state index contributed by atoms with van der Waals surface area (Å²) in [4.78, 5) is 0. The number of rotatable bonds is 6. The van der Waals surface area contributed by atoms with E-state index in [1.807, 2.05) is 13.8 Å². The molecule has 3 unspecified atom stereocenters. The standard InChI is InChI=1S/C12H25NO2/c1-4-11-10(6-7-15-11)8-13-9-12(3,14)5-2/h10-11,13-14H,4-9H2,1-3H3. The van der Waals surface area contributed by atoms with Gasteiger partial charge in [0.15, 0.2) is 0 Å². The highest BCUT2D eigenvalue weighted by Gasteiger charge is 2.27. The lowest BCUT2D eigenvalue weighted by atomic mass is 9.98. The van der Waals surface area contributed by atoms with Crippen molar-refractivity contribution in [3.05, 3.63) is 0 Å². The van der Waals surface area contributed by atoms with E-state index in [9.17, 15) is 5.11 Å². The van der Waals surface area contributed by atoms with Crippen molar-refractivity contribution in [2.75, 3.05) is 19.7 Å². The average molecular weight is 215 g/mol. The van der Waals surface area contributed by atoms with E-state index in [0.717, 1.165) is 32.4 Å². The Bertz CT molecular complexity index is 182. The number of hydrogen-bond donors (Lipinski definition) is 2. The summed E-state index contributed by atoms with van der Waals surface area (Å²) >= 11 is 0. The molecule has 1 aliphatic heterocycles. The first-order valence-electron chi connectivity index (χ1n) is 6.13. The minimum atomic E-state index is -0.568. The topological polar surface area (TPSA) is 41.5 Å². The third kappa shape index (κ3) is 4.09. The molecule has 1 heterocycles. The summed E-state index contributed by atoms with van der Waals surface area (Å²) in [5.41, 5.74) is -0.568. The molecule has 2 N–H and O–H groups in total. The van der Waals surface area contributed by atoms with Crippen LogP contribution >= 0.6 is 0 Å². The van der Waals surface area contributed by atoms with Crippen molar-refractivity contribution in [1.29, 1.82) is 0 Å². The SMILES string of the molecule is CCC1OCCC1CNCC(C)(O)CC. The Hall–Kier alpha value is -0.120. The predicted molar refractivity (Wildman–Crippen MR) is 61.9 cm³/mol. The van der Waals surface area contributed by atoms with Crippen LogP contribution in [0.3, 0.4) is 0 Å². The maximum absolute atomic E-state index is 9.83. The van der Waals surface area contributed by atoms with Crippen molar-refractivity contribution < 1.29 is 9.84 Å². The molecular weight excluding hydrogens is 190 g/mol. The van der Waals surface area contributed by atoms with Crippen LogP contribution in [0.1, 0.15) is 40.0 Å². The van der Waals surface area contributed by atoms with Gasteiger partial charge in [-0.2, -0.15) is 0 Å². The number of nitrogens with one attached hydrogen (secondary N) is 1. The van der Waals surface area contributed by atoms with Gasteiger partial charge in [-0.3, -0.25) is 0 Å². The van der Waals surface area contributed by atoms with Crippen LogP contribution in [0.15, 0.2) is 0 Å². The molecule has 0 saturated carbocycles. The van der Waals surface area contributed by atoms with Gasteiger partial charge in [0.2, 0.25) is 0 Å². The zero-order valence-electron chi connectivity index (χ0n) is 10.3. The average Bonchev–Trinajstić information content (AvgIpc) is 2.65. The first-order valence-corrected chi connectivity index (χ1v) is 6.13. The molecule has 0 spiro atoms. The number of ether oxygens (including phenoxy) is 1. The zero-order valence-corrected chi connectivity index (χ0v) is 10.3. The summed E-state index contributed by atoms with van der Waals surface area (Å²) in [5, 5.41) is 13.2.